The molecular formula is C18H18ClN5O3S3. The minimum absolute atomic E-state index is 0.0542. The van der Waals surface area contributed by atoms with Crippen molar-refractivity contribution in [1.29, 1.82) is 0 Å². The van der Waals surface area contributed by atoms with Gasteiger partial charge in [-0.2, -0.15) is 0 Å². The van der Waals surface area contributed by atoms with Gasteiger partial charge in [-0.05, 0) is 18.9 Å². The van der Waals surface area contributed by atoms with E-state index in [2.05, 4.69) is 25.5 Å². The number of aromatic nitrogens is 4. The first-order valence-corrected chi connectivity index (χ1v) is 12.7. The molecule has 0 aliphatic heterocycles. The van der Waals surface area contributed by atoms with Crippen molar-refractivity contribution in [3.8, 4) is 0 Å². The van der Waals surface area contributed by atoms with Gasteiger partial charge in [-0.1, -0.05) is 71.5 Å². The monoisotopic (exact) mass is 483 g/mol. The fourth-order valence-electron chi connectivity index (χ4n) is 2.32. The van der Waals surface area contributed by atoms with E-state index in [-0.39, 0.29) is 21.6 Å². The minimum atomic E-state index is -3.68. The lowest BCUT2D eigenvalue weighted by molar-refractivity contribution is 0.102. The second-order valence-corrected chi connectivity index (χ2v) is 10.9. The maximum Gasteiger partial charge on any atom is 0.277 e. The Morgan fingerprint density at radius 1 is 1.23 bits per heavy atom. The number of nitrogens with zero attached hydrogens (tertiary/aromatic N) is 4. The van der Waals surface area contributed by atoms with E-state index in [0.717, 1.165) is 17.5 Å². The third kappa shape index (κ3) is 5.75. The molecule has 2 aromatic heterocycles. The average Bonchev–Trinajstić information content (AvgIpc) is 3.15. The van der Waals surface area contributed by atoms with Crippen LogP contribution in [0.4, 0.5) is 5.13 Å². The van der Waals surface area contributed by atoms with Crippen molar-refractivity contribution in [2.45, 2.75) is 35.5 Å². The summed E-state index contributed by atoms with van der Waals surface area (Å²) in [5.74, 6) is -0.0750. The highest BCUT2D eigenvalue weighted by molar-refractivity contribution is 8.00. The summed E-state index contributed by atoms with van der Waals surface area (Å²) in [6.45, 7) is 3.76. The number of aryl methyl sites for hydroxylation is 1. The van der Waals surface area contributed by atoms with Crippen molar-refractivity contribution in [2.75, 3.05) is 11.1 Å². The molecule has 0 atom stereocenters. The van der Waals surface area contributed by atoms with Gasteiger partial charge in [0.05, 0.1) is 17.0 Å². The number of hydrogen-bond donors (Lipinski definition) is 1. The zero-order chi connectivity index (χ0) is 21.7. The van der Waals surface area contributed by atoms with Crippen molar-refractivity contribution in [1.82, 2.24) is 20.2 Å². The number of hydrogen-bond acceptors (Lipinski definition) is 9. The summed E-state index contributed by atoms with van der Waals surface area (Å²) in [5, 5.41) is 10.3. The van der Waals surface area contributed by atoms with Gasteiger partial charge >= 0.3 is 0 Å². The quantitative estimate of drug-likeness (QED) is 0.290. The van der Waals surface area contributed by atoms with Gasteiger partial charge in [-0.15, -0.1) is 10.2 Å². The molecule has 30 heavy (non-hydrogen) atoms. The molecule has 3 aromatic rings. The fraction of sp³-hybridized carbons (Fsp3) is 0.278. The zero-order valence-corrected chi connectivity index (χ0v) is 19.3. The number of nitrogens with one attached hydrogen (secondary N) is 1. The van der Waals surface area contributed by atoms with Crippen LogP contribution in [-0.2, 0) is 15.6 Å². The Morgan fingerprint density at radius 3 is 2.67 bits per heavy atom. The maximum atomic E-state index is 12.5. The third-order valence-corrected chi connectivity index (χ3v) is 7.82. The van der Waals surface area contributed by atoms with E-state index in [0.29, 0.717) is 10.8 Å². The van der Waals surface area contributed by atoms with Gasteiger partial charge in [0.25, 0.3) is 5.91 Å². The minimum Gasteiger partial charge on any atom is -0.295 e. The van der Waals surface area contributed by atoms with Crippen LogP contribution in [0.15, 0.2) is 40.0 Å². The summed E-state index contributed by atoms with van der Waals surface area (Å²) in [5.41, 5.74) is 2.11. The van der Waals surface area contributed by atoms with E-state index in [9.17, 15) is 13.2 Å². The molecule has 12 heteroatoms. The highest BCUT2D eigenvalue weighted by atomic mass is 35.5. The van der Waals surface area contributed by atoms with Gasteiger partial charge in [0.15, 0.2) is 10.0 Å². The summed E-state index contributed by atoms with van der Waals surface area (Å²) >= 11 is 8.71. The molecule has 1 amide bonds. The van der Waals surface area contributed by atoms with E-state index in [1.807, 2.05) is 31.2 Å². The van der Waals surface area contributed by atoms with Gasteiger partial charge in [0, 0.05) is 5.75 Å². The van der Waals surface area contributed by atoms with Crippen LogP contribution in [0.2, 0.25) is 5.02 Å². The third-order valence-electron chi connectivity index (χ3n) is 3.80. The van der Waals surface area contributed by atoms with Gasteiger partial charge in [-0.25, -0.2) is 18.4 Å². The first-order chi connectivity index (χ1) is 14.3. The first-order valence-electron chi connectivity index (χ1n) is 8.87. The maximum absolute atomic E-state index is 12.5. The fourth-order valence-corrected chi connectivity index (χ4v) is 5.37. The van der Waals surface area contributed by atoms with Crippen LogP contribution in [0.25, 0.3) is 0 Å². The number of anilines is 1. The topological polar surface area (TPSA) is 115 Å². The van der Waals surface area contributed by atoms with Crippen LogP contribution in [0.5, 0.6) is 0 Å². The Kier molecular flexibility index (Phi) is 7.40. The molecule has 0 saturated carbocycles. The van der Waals surface area contributed by atoms with Crippen LogP contribution < -0.4 is 5.32 Å². The molecule has 0 aliphatic carbocycles. The van der Waals surface area contributed by atoms with E-state index in [1.54, 1.807) is 6.92 Å². The Morgan fingerprint density at radius 2 is 1.97 bits per heavy atom. The number of benzene rings is 1. The highest BCUT2D eigenvalue weighted by Gasteiger charge is 2.22. The SMILES string of the molecule is CCCS(=O)(=O)c1ncc(Cl)c(C(=O)Nc2nnc(SCc3ccc(C)cc3)s2)n1. The molecule has 0 fully saturated rings. The number of carbonyl (C=O) groups is 1. The van der Waals surface area contributed by atoms with E-state index < -0.39 is 20.9 Å². The molecule has 0 spiro atoms. The van der Waals surface area contributed by atoms with Crippen LogP contribution in [0, 0.1) is 6.92 Å². The average molecular weight is 484 g/mol. The molecule has 8 nitrogen and oxygen atoms in total. The van der Waals surface area contributed by atoms with Crippen LogP contribution in [0.3, 0.4) is 0 Å². The molecule has 1 N–H and O–H groups in total. The van der Waals surface area contributed by atoms with Gasteiger partial charge in [0.1, 0.15) is 0 Å². The molecule has 0 aliphatic rings. The normalized spacial score (nSPS) is 11.4. The number of halogens is 1. The molecule has 0 saturated heterocycles. The smallest absolute Gasteiger partial charge is 0.277 e. The predicted molar refractivity (Wildman–Crippen MR) is 118 cm³/mol. The number of thioether (sulfide) groups is 1. The Balaban J connectivity index is 1.68. The number of amides is 1. The molecule has 0 radical (unpaired) electrons. The number of rotatable bonds is 8. The van der Waals surface area contributed by atoms with Crippen molar-refractivity contribution < 1.29 is 13.2 Å². The van der Waals surface area contributed by atoms with Gasteiger partial charge in [0.2, 0.25) is 20.1 Å². The summed E-state index contributed by atoms with van der Waals surface area (Å²) in [6, 6.07) is 8.19. The van der Waals surface area contributed by atoms with E-state index >= 15 is 0 Å². The molecule has 3 rings (SSSR count). The lowest BCUT2D eigenvalue weighted by Crippen LogP contribution is -2.18. The van der Waals surface area contributed by atoms with Crippen LogP contribution >= 0.6 is 34.7 Å². The van der Waals surface area contributed by atoms with E-state index in [1.165, 1.54) is 28.7 Å². The summed E-state index contributed by atoms with van der Waals surface area (Å²) in [7, 11) is -3.68. The number of sulfone groups is 1. The van der Waals surface area contributed by atoms with Crippen LogP contribution in [-0.4, -0.2) is 40.2 Å². The van der Waals surface area contributed by atoms with Gasteiger partial charge in [-0.3, -0.25) is 10.1 Å². The zero-order valence-electron chi connectivity index (χ0n) is 16.1. The molecule has 0 bridgehead atoms. The van der Waals surface area contributed by atoms with Crippen molar-refractivity contribution in [2.24, 2.45) is 0 Å². The lowest BCUT2D eigenvalue weighted by atomic mass is 10.2. The Labute approximate surface area is 187 Å². The highest BCUT2D eigenvalue weighted by Crippen LogP contribution is 2.29. The molecule has 158 valence electrons. The summed E-state index contributed by atoms with van der Waals surface area (Å²) in [6.07, 6.45) is 1.51. The second-order valence-electron chi connectivity index (χ2n) is 6.27. The van der Waals surface area contributed by atoms with Crippen LogP contribution in [0.1, 0.15) is 35.0 Å². The van der Waals surface area contributed by atoms with Crippen molar-refractivity contribution in [3.63, 3.8) is 0 Å². The molecule has 1 aromatic carbocycles. The Hall–Kier alpha value is -2.08. The van der Waals surface area contributed by atoms with Crippen molar-refractivity contribution >= 4 is 55.6 Å². The first kappa shape index (κ1) is 22.6. The largest absolute Gasteiger partial charge is 0.295 e. The Bertz CT molecular complexity index is 1150. The predicted octanol–water partition coefficient (Wildman–Crippen LogP) is 4.02. The summed E-state index contributed by atoms with van der Waals surface area (Å²) in [4.78, 5) is 20.1. The summed E-state index contributed by atoms with van der Waals surface area (Å²) < 4.78 is 25.0. The second kappa shape index (κ2) is 9.82. The van der Waals surface area contributed by atoms with Gasteiger partial charge < -0.3 is 0 Å². The lowest BCUT2D eigenvalue weighted by Gasteiger charge is -2.06. The molecule has 0 unspecified atom stereocenters. The molecule has 2 heterocycles. The number of carbonyl (C=O) groups excluding carboxylic acids is 1. The standard InChI is InChI=1S/C18H18ClN5O3S3/c1-3-8-30(26,27)17-20-9-13(19)14(21-17)15(25)22-16-23-24-18(29-16)28-10-12-6-4-11(2)5-7-12/h4-7,9H,3,8,10H2,1-2H3,(H,22,23,25). The van der Waals surface area contributed by atoms with Crippen molar-refractivity contribution in [3.05, 3.63) is 52.3 Å². The van der Waals surface area contributed by atoms with E-state index in [4.69, 9.17) is 11.6 Å². The molecular weight excluding hydrogens is 466 g/mol.